The van der Waals surface area contributed by atoms with Crippen LogP contribution in [0.15, 0.2) is 59.1 Å². The summed E-state index contributed by atoms with van der Waals surface area (Å²) in [6, 6.07) is 8.90. The molecule has 0 amide bonds. The van der Waals surface area contributed by atoms with Crippen molar-refractivity contribution in [2.75, 3.05) is 13.1 Å². The van der Waals surface area contributed by atoms with Crippen molar-refractivity contribution in [3.05, 3.63) is 60.2 Å². The second-order valence-electron chi connectivity index (χ2n) is 9.49. The van der Waals surface area contributed by atoms with Crippen LogP contribution in [0, 0.1) is 0 Å². The first-order chi connectivity index (χ1) is 17.6. The van der Waals surface area contributed by atoms with Gasteiger partial charge in [-0.05, 0) is 12.8 Å². The summed E-state index contributed by atoms with van der Waals surface area (Å²) in [5, 5.41) is 0. The molecule has 0 saturated heterocycles. The van der Waals surface area contributed by atoms with E-state index in [9.17, 15) is 50.4 Å². The van der Waals surface area contributed by atoms with Gasteiger partial charge in [0.15, 0.2) is 12.7 Å². The van der Waals surface area contributed by atoms with Crippen LogP contribution in [0.5, 0.6) is 0 Å². The molecular formula is C22H32F12N4P2. The van der Waals surface area contributed by atoms with Crippen molar-refractivity contribution in [1.29, 1.82) is 0 Å². The van der Waals surface area contributed by atoms with Crippen molar-refractivity contribution in [2.45, 2.75) is 52.6 Å². The zero-order chi connectivity index (χ0) is 31.1. The maximum absolute atomic E-state index is 10.7. The number of benzene rings is 1. The molecule has 0 aliphatic carbocycles. The maximum atomic E-state index is 9.87. The molecule has 40 heavy (non-hydrogen) atoms. The molecule has 0 saturated carbocycles. The number of hydrogen-bond acceptors (Lipinski definition) is 2. The summed E-state index contributed by atoms with van der Waals surface area (Å²) in [5.74, 6) is 0. The Hall–Kier alpha value is -2.02. The molecule has 2 aliphatic heterocycles. The number of halogens is 12. The van der Waals surface area contributed by atoms with Gasteiger partial charge in [0, 0.05) is 11.1 Å². The topological polar surface area (TPSA) is 24.7 Å². The molecule has 0 N–H and O–H groups in total. The van der Waals surface area contributed by atoms with Gasteiger partial charge in [0.2, 0.25) is 0 Å². The Bertz CT molecular complexity index is 990. The van der Waals surface area contributed by atoms with Crippen molar-refractivity contribution >= 4 is 28.3 Å². The number of hydrogen-bond donors (Lipinski definition) is 0. The molecule has 0 fully saturated rings. The van der Waals surface area contributed by atoms with Gasteiger partial charge in [0.25, 0.3) is 0 Å². The Morgan fingerprint density at radius 1 is 0.575 bits per heavy atom. The van der Waals surface area contributed by atoms with Gasteiger partial charge in [-0.25, -0.2) is 19.0 Å². The van der Waals surface area contributed by atoms with E-state index < -0.39 is 15.6 Å². The van der Waals surface area contributed by atoms with E-state index in [-0.39, 0.29) is 0 Å². The van der Waals surface area contributed by atoms with Crippen LogP contribution >= 0.6 is 15.6 Å². The van der Waals surface area contributed by atoms with Crippen LogP contribution in [0.2, 0.25) is 0 Å². The quantitative estimate of drug-likeness (QED) is 0.138. The van der Waals surface area contributed by atoms with Gasteiger partial charge in [-0.2, -0.15) is 0 Å². The summed E-state index contributed by atoms with van der Waals surface area (Å²) >= 11 is 0. The molecule has 18 heteroatoms. The molecule has 2 heterocycles. The molecule has 0 bridgehead atoms. The first-order valence-electron chi connectivity index (χ1n) is 12.0. The van der Waals surface area contributed by atoms with Gasteiger partial charge in [-0.3, -0.25) is 0 Å². The summed E-state index contributed by atoms with van der Waals surface area (Å²) in [4.78, 5) is 8.81. The minimum absolute atomic E-state index is 0.837. The van der Waals surface area contributed by atoms with Gasteiger partial charge in [-0.1, -0.05) is 51.0 Å². The zero-order valence-corrected chi connectivity index (χ0v) is 23.4. The third kappa shape index (κ3) is 19.9. The Labute approximate surface area is 224 Å². The van der Waals surface area contributed by atoms with Crippen LogP contribution in [0.1, 0.15) is 50.7 Å². The van der Waals surface area contributed by atoms with E-state index in [2.05, 4.69) is 73.2 Å². The second-order valence-corrected chi connectivity index (χ2v) is 13.3. The third-order valence-corrected chi connectivity index (χ3v) is 5.40. The Morgan fingerprint density at radius 3 is 1.10 bits per heavy atom. The predicted octanol–water partition coefficient (Wildman–Crippen LogP) is 11.7. The summed E-state index contributed by atoms with van der Waals surface area (Å²) < 4.78 is 120. The van der Waals surface area contributed by atoms with Crippen molar-refractivity contribution < 1.29 is 59.3 Å². The van der Waals surface area contributed by atoms with Crippen LogP contribution in [0.3, 0.4) is 0 Å². The molecule has 4 nitrogen and oxygen atoms in total. The Kier molecular flexibility index (Phi) is 9.90. The van der Waals surface area contributed by atoms with Crippen LogP contribution < -0.4 is 0 Å². The summed E-state index contributed by atoms with van der Waals surface area (Å²) in [6.07, 6.45) is 17.4. The molecule has 234 valence electrons. The predicted molar refractivity (Wildman–Crippen MR) is 136 cm³/mol. The fourth-order valence-electron chi connectivity index (χ4n) is 3.78. The van der Waals surface area contributed by atoms with E-state index in [1.54, 1.807) is 0 Å². The third-order valence-electron chi connectivity index (χ3n) is 5.40. The molecule has 0 spiro atoms. The number of quaternary nitrogens is 2. The molecule has 2 aliphatic rings. The van der Waals surface area contributed by atoms with Crippen molar-refractivity contribution in [3.63, 3.8) is 0 Å². The number of rotatable bonds is 10. The Balaban J connectivity index is 0.000000473. The molecule has 2 unspecified atom stereocenters. The standard InChI is InChI=1S/C22H32N4.2F6P/c1-3-5-13-25(15-11-23-19-25)17-21-9-7-8-10-22(21)18-26(14-6-4-2)16-12-24-20-26;2*1-7(2,3,4,5)6/h7-12,15-16,19-20H,3-6,13-14,17-18H2,1-2H3;;/q+2;2*-1. The van der Waals surface area contributed by atoms with Gasteiger partial charge in [0.1, 0.15) is 25.5 Å². The van der Waals surface area contributed by atoms with Gasteiger partial charge < -0.3 is 0 Å². The molecule has 3 rings (SSSR count). The van der Waals surface area contributed by atoms with Gasteiger partial charge in [-0.15, -0.1) is 0 Å². The van der Waals surface area contributed by atoms with E-state index in [1.807, 2.05) is 12.4 Å². The number of aliphatic imine (C=N–C) groups is 2. The molecule has 1 aromatic rings. The zero-order valence-electron chi connectivity index (χ0n) is 21.6. The first-order valence-corrected chi connectivity index (χ1v) is 16.0. The summed E-state index contributed by atoms with van der Waals surface area (Å²) in [5.41, 5.74) is 2.84. The molecule has 1 aromatic carbocycles. The first kappa shape index (κ1) is 36.0. The summed E-state index contributed by atoms with van der Waals surface area (Å²) in [6.45, 7) is 8.68. The van der Waals surface area contributed by atoms with E-state index in [0.29, 0.717) is 0 Å². The Morgan fingerprint density at radius 2 is 0.875 bits per heavy atom. The van der Waals surface area contributed by atoms with E-state index >= 15 is 0 Å². The average Bonchev–Trinajstić information content (AvgIpc) is 3.38. The van der Waals surface area contributed by atoms with Crippen LogP contribution in [-0.4, -0.2) is 34.7 Å². The molecule has 0 aromatic heterocycles. The molecule has 0 radical (unpaired) electrons. The van der Waals surface area contributed by atoms with Gasteiger partial charge >= 0.3 is 66.0 Å². The molecular weight excluding hydrogens is 610 g/mol. The van der Waals surface area contributed by atoms with E-state index in [1.165, 1.54) is 36.8 Å². The number of unbranched alkanes of at least 4 members (excludes halogenated alkanes) is 2. The second kappa shape index (κ2) is 11.0. The minimum atomic E-state index is -10.7. The van der Waals surface area contributed by atoms with Crippen LogP contribution in [-0.2, 0) is 13.1 Å². The van der Waals surface area contributed by atoms with E-state index in [4.69, 9.17) is 0 Å². The fraction of sp³-hybridized carbons (Fsp3) is 0.455. The van der Waals surface area contributed by atoms with Crippen molar-refractivity contribution in [3.8, 4) is 0 Å². The van der Waals surface area contributed by atoms with Crippen molar-refractivity contribution in [1.82, 2.24) is 0 Å². The normalized spacial score (nSPS) is 25.1. The van der Waals surface area contributed by atoms with Gasteiger partial charge in [0.05, 0.1) is 25.5 Å². The monoisotopic (exact) mass is 642 g/mol. The van der Waals surface area contributed by atoms with Crippen LogP contribution in [0.25, 0.3) is 0 Å². The van der Waals surface area contributed by atoms with Crippen molar-refractivity contribution in [2.24, 2.45) is 9.98 Å². The van der Waals surface area contributed by atoms with E-state index in [0.717, 1.165) is 35.1 Å². The van der Waals surface area contributed by atoms with Crippen LogP contribution in [0.4, 0.5) is 50.4 Å². The fourth-order valence-corrected chi connectivity index (χ4v) is 3.78. The summed E-state index contributed by atoms with van der Waals surface area (Å²) in [7, 11) is -21.3. The molecule has 2 atom stereocenters. The number of nitrogens with zero attached hydrogens (tertiary/aromatic N) is 4. The SMILES string of the molecule is CCCC[N+]1(Cc2ccccc2C[N+]2(CCCC)C=CN=C2)C=CN=C1.F[P-](F)(F)(F)(F)F.F[P-](F)(F)(F)(F)F. The average molecular weight is 642 g/mol.